The summed E-state index contributed by atoms with van der Waals surface area (Å²) in [6.45, 7) is 0. The molecule has 0 bridgehead atoms. The van der Waals surface area contributed by atoms with Gasteiger partial charge in [-0.25, -0.2) is 0 Å². The lowest BCUT2D eigenvalue weighted by Gasteiger charge is -2.00. The second-order valence-electron chi connectivity index (χ2n) is 2.28. The molecule has 13 heavy (non-hydrogen) atoms. The van der Waals surface area contributed by atoms with Crippen LogP contribution >= 0.6 is 34.8 Å². The summed E-state index contributed by atoms with van der Waals surface area (Å²) in [7, 11) is 0. The van der Waals surface area contributed by atoms with E-state index in [1.54, 1.807) is 18.2 Å². The predicted octanol–water partition coefficient (Wildman–Crippen LogP) is 3.77. The second kappa shape index (κ2) is 4.66. The van der Waals surface area contributed by atoms with Crippen molar-refractivity contribution >= 4 is 46.1 Å². The minimum absolute atomic E-state index is 0.341. The van der Waals surface area contributed by atoms with Crippen LogP contribution in [0.3, 0.4) is 0 Å². The third kappa shape index (κ3) is 2.73. The first kappa shape index (κ1) is 10.6. The van der Waals surface area contributed by atoms with E-state index in [1.807, 2.05) is 0 Å². The number of benzene rings is 1. The van der Waals surface area contributed by atoms with Gasteiger partial charge in [0, 0.05) is 0 Å². The van der Waals surface area contributed by atoms with Gasteiger partial charge in [-0.3, -0.25) is 4.79 Å². The Morgan fingerprint density at radius 3 is 2.46 bits per heavy atom. The summed E-state index contributed by atoms with van der Waals surface area (Å²) in [4.78, 5) is 10.1. The molecule has 0 aromatic heterocycles. The molecule has 0 atom stereocenters. The van der Waals surface area contributed by atoms with Crippen molar-refractivity contribution in [1.29, 1.82) is 0 Å². The van der Waals surface area contributed by atoms with Crippen molar-refractivity contribution in [3.05, 3.63) is 39.9 Å². The highest BCUT2D eigenvalue weighted by Crippen LogP contribution is 2.27. The first-order valence-electron chi connectivity index (χ1n) is 3.41. The maximum Gasteiger partial charge on any atom is 0.144 e. The number of allylic oxidation sites excluding steroid dienone is 1. The molecule has 1 aromatic carbocycles. The van der Waals surface area contributed by atoms with Crippen LogP contribution in [-0.2, 0) is 4.79 Å². The number of carbonyl (C=O) groups excluding carboxylic acids is 1. The summed E-state index contributed by atoms with van der Waals surface area (Å²) >= 11 is 17.2. The number of hydrogen-bond acceptors (Lipinski definition) is 1. The number of aldehydes is 1. The van der Waals surface area contributed by atoms with Gasteiger partial charge >= 0.3 is 0 Å². The molecule has 0 aliphatic carbocycles. The molecule has 4 heteroatoms. The van der Waals surface area contributed by atoms with E-state index >= 15 is 0 Å². The zero-order valence-corrected chi connectivity index (χ0v) is 8.70. The lowest BCUT2D eigenvalue weighted by molar-refractivity contribution is -0.104. The van der Waals surface area contributed by atoms with Crippen LogP contribution in [0, 0.1) is 0 Å². The Labute approximate surface area is 90.9 Å². The zero-order chi connectivity index (χ0) is 9.84. The summed E-state index contributed by atoms with van der Waals surface area (Å²) in [6.07, 6.45) is 1.87. The monoisotopic (exact) mass is 234 g/mol. The molecule has 0 radical (unpaired) electrons. The molecule has 1 aromatic rings. The third-order valence-electron chi connectivity index (χ3n) is 1.41. The first-order valence-corrected chi connectivity index (χ1v) is 4.55. The van der Waals surface area contributed by atoms with Crippen molar-refractivity contribution in [2.24, 2.45) is 0 Å². The predicted molar refractivity (Wildman–Crippen MR) is 56.4 cm³/mol. The van der Waals surface area contributed by atoms with Gasteiger partial charge in [-0.1, -0.05) is 40.9 Å². The minimum atomic E-state index is 0.341. The molecule has 1 rings (SSSR count). The van der Waals surface area contributed by atoms with E-state index in [0.29, 0.717) is 26.9 Å². The molecule has 0 unspecified atom stereocenters. The molecule has 0 aliphatic rings. The van der Waals surface area contributed by atoms with Crippen molar-refractivity contribution in [3.63, 3.8) is 0 Å². The zero-order valence-electron chi connectivity index (χ0n) is 6.43. The molecule has 0 fully saturated rings. The topological polar surface area (TPSA) is 17.1 Å². The molecular weight excluding hydrogens is 230 g/mol. The smallest absolute Gasteiger partial charge is 0.144 e. The van der Waals surface area contributed by atoms with Crippen LogP contribution in [0.15, 0.2) is 24.3 Å². The fraction of sp³-hybridized carbons (Fsp3) is 0. The van der Waals surface area contributed by atoms with Gasteiger partial charge in [-0.2, -0.15) is 0 Å². The van der Waals surface area contributed by atoms with Gasteiger partial charge in [0.05, 0.1) is 15.1 Å². The molecule has 0 N–H and O–H groups in total. The van der Waals surface area contributed by atoms with Crippen molar-refractivity contribution in [2.45, 2.75) is 0 Å². The SMILES string of the molecule is O=C/C=C(/Cl)c1ccc(Cl)c(Cl)c1. The van der Waals surface area contributed by atoms with Crippen molar-refractivity contribution in [2.75, 3.05) is 0 Å². The second-order valence-corrected chi connectivity index (χ2v) is 3.50. The average Bonchev–Trinajstić information content (AvgIpc) is 2.10. The summed E-state index contributed by atoms with van der Waals surface area (Å²) < 4.78 is 0. The van der Waals surface area contributed by atoms with Crippen molar-refractivity contribution < 1.29 is 4.79 Å². The van der Waals surface area contributed by atoms with Crippen molar-refractivity contribution in [1.82, 2.24) is 0 Å². The number of halogens is 3. The van der Waals surface area contributed by atoms with Crippen LogP contribution in [0.5, 0.6) is 0 Å². The highest BCUT2D eigenvalue weighted by Gasteiger charge is 2.01. The van der Waals surface area contributed by atoms with Gasteiger partial charge in [0.15, 0.2) is 0 Å². The lowest BCUT2D eigenvalue weighted by Crippen LogP contribution is -1.78. The van der Waals surface area contributed by atoms with Crippen LogP contribution in [0.4, 0.5) is 0 Å². The Hall–Kier alpha value is -0.500. The van der Waals surface area contributed by atoms with E-state index in [0.717, 1.165) is 0 Å². The summed E-state index contributed by atoms with van der Waals surface area (Å²) in [6, 6.07) is 4.92. The highest BCUT2D eigenvalue weighted by molar-refractivity contribution is 6.50. The summed E-state index contributed by atoms with van der Waals surface area (Å²) in [5, 5.41) is 1.21. The van der Waals surface area contributed by atoms with Gasteiger partial charge in [0.1, 0.15) is 6.29 Å². The number of carbonyl (C=O) groups is 1. The van der Waals surface area contributed by atoms with Crippen LogP contribution in [0.2, 0.25) is 10.0 Å². The Balaban J connectivity index is 3.10. The van der Waals surface area contributed by atoms with Crippen LogP contribution in [0.25, 0.3) is 5.03 Å². The number of hydrogen-bond donors (Lipinski definition) is 0. The van der Waals surface area contributed by atoms with Gasteiger partial charge in [0.2, 0.25) is 0 Å². The first-order chi connectivity index (χ1) is 6.15. The molecule has 1 nitrogen and oxygen atoms in total. The highest BCUT2D eigenvalue weighted by atomic mass is 35.5. The Kier molecular flexibility index (Phi) is 3.79. The van der Waals surface area contributed by atoms with E-state index in [9.17, 15) is 4.79 Å². The summed E-state index contributed by atoms with van der Waals surface area (Å²) in [5.74, 6) is 0. The molecule has 0 spiro atoms. The Morgan fingerprint density at radius 2 is 1.92 bits per heavy atom. The molecule has 0 aliphatic heterocycles. The molecule has 0 heterocycles. The van der Waals surface area contributed by atoms with E-state index in [2.05, 4.69) is 0 Å². The van der Waals surface area contributed by atoms with Crippen LogP contribution < -0.4 is 0 Å². The van der Waals surface area contributed by atoms with Crippen LogP contribution in [-0.4, -0.2) is 6.29 Å². The lowest BCUT2D eigenvalue weighted by atomic mass is 10.2. The van der Waals surface area contributed by atoms with Gasteiger partial charge in [0.25, 0.3) is 0 Å². The maximum absolute atomic E-state index is 10.1. The van der Waals surface area contributed by atoms with E-state index in [-0.39, 0.29) is 0 Å². The fourth-order valence-electron chi connectivity index (χ4n) is 0.801. The standard InChI is InChI=1S/C9H5Cl3O/c10-7(3-4-13)6-1-2-8(11)9(12)5-6/h1-5H/b7-3+. The van der Waals surface area contributed by atoms with Gasteiger partial charge in [-0.05, 0) is 23.8 Å². The normalized spacial score (nSPS) is 11.5. The van der Waals surface area contributed by atoms with Gasteiger partial charge in [-0.15, -0.1) is 0 Å². The minimum Gasteiger partial charge on any atom is -0.299 e. The molecule has 0 amide bonds. The number of rotatable bonds is 2. The largest absolute Gasteiger partial charge is 0.299 e. The van der Waals surface area contributed by atoms with Gasteiger partial charge < -0.3 is 0 Å². The van der Waals surface area contributed by atoms with E-state index in [1.165, 1.54) is 6.08 Å². The Morgan fingerprint density at radius 1 is 1.23 bits per heavy atom. The Bertz CT molecular complexity index is 358. The summed E-state index contributed by atoms with van der Waals surface area (Å²) in [5.41, 5.74) is 0.670. The molecule has 68 valence electrons. The molecular formula is C9H5Cl3O. The fourth-order valence-corrected chi connectivity index (χ4v) is 1.27. The molecule has 0 saturated heterocycles. The quantitative estimate of drug-likeness (QED) is 0.563. The van der Waals surface area contributed by atoms with E-state index < -0.39 is 0 Å². The van der Waals surface area contributed by atoms with Crippen LogP contribution in [0.1, 0.15) is 5.56 Å². The average molecular weight is 235 g/mol. The van der Waals surface area contributed by atoms with E-state index in [4.69, 9.17) is 34.8 Å². The molecule has 0 saturated carbocycles. The maximum atomic E-state index is 10.1. The third-order valence-corrected chi connectivity index (χ3v) is 2.49. The van der Waals surface area contributed by atoms with Crippen molar-refractivity contribution in [3.8, 4) is 0 Å².